The molecular weight excluding hydrogens is 252 g/mol. The highest BCUT2D eigenvalue weighted by atomic mass is 16.5. The van der Waals surface area contributed by atoms with E-state index < -0.39 is 0 Å². The third-order valence-corrected chi connectivity index (χ3v) is 2.77. The van der Waals surface area contributed by atoms with Crippen molar-refractivity contribution in [2.75, 3.05) is 0 Å². The van der Waals surface area contributed by atoms with Gasteiger partial charge in [0.2, 0.25) is 5.82 Å². The highest BCUT2D eigenvalue weighted by Gasteiger charge is 2.12. The molecule has 0 N–H and O–H groups in total. The Labute approximate surface area is 115 Å². The van der Waals surface area contributed by atoms with Crippen molar-refractivity contribution in [2.24, 2.45) is 0 Å². The fourth-order valence-electron chi connectivity index (χ4n) is 1.91. The quantitative estimate of drug-likeness (QED) is 0.709. The van der Waals surface area contributed by atoms with Crippen LogP contribution in [0.4, 0.5) is 0 Å². The molecule has 0 aliphatic rings. The van der Waals surface area contributed by atoms with Gasteiger partial charge in [0.15, 0.2) is 0 Å². The van der Waals surface area contributed by atoms with E-state index in [9.17, 15) is 0 Å². The molecule has 2 aromatic heterocycles. The molecular formula is C15H10N4O. The van der Waals surface area contributed by atoms with Crippen LogP contribution < -0.4 is 0 Å². The normalized spacial score (nSPS) is 10.2. The Kier molecular flexibility index (Phi) is 2.98. The van der Waals surface area contributed by atoms with Gasteiger partial charge in [-0.3, -0.25) is 4.98 Å². The van der Waals surface area contributed by atoms with E-state index >= 15 is 0 Å². The summed E-state index contributed by atoms with van der Waals surface area (Å²) in [6.45, 7) is 1.92. The van der Waals surface area contributed by atoms with Crippen molar-refractivity contribution in [1.29, 1.82) is 5.26 Å². The van der Waals surface area contributed by atoms with Crippen LogP contribution in [0.5, 0.6) is 0 Å². The van der Waals surface area contributed by atoms with Gasteiger partial charge in [0.25, 0.3) is 5.89 Å². The van der Waals surface area contributed by atoms with Gasteiger partial charge < -0.3 is 4.52 Å². The first-order valence-corrected chi connectivity index (χ1v) is 6.03. The molecule has 0 amide bonds. The molecule has 0 atom stereocenters. The molecule has 0 radical (unpaired) electrons. The Morgan fingerprint density at radius 3 is 2.85 bits per heavy atom. The van der Waals surface area contributed by atoms with E-state index in [1.54, 1.807) is 18.3 Å². The van der Waals surface area contributed by atoms with Crippen LogP contribution in [0, 0.1) is 18.3 Å². The number of benzene rings is 1. The number of hydrogen-bond acceptors (Lipinski definition) is 5. The average molecular weight is 262 g/mol. The first-order valence-electron chi connectivity index (χ1n) is 6.03. The van der Waals surface area contributed by atoms with Gasteiger partial charge >= 0.3 is 0 Å². The number of pyridine rings is 1. The van der Waals surface area contributed by atoms with Gasteiger partial charge in [-0.25, -0.2) is 0 Å². The maximum Gasteiger partial charge on any atom is 0.276 e. The van der Waals surface area contributed by atoms with Crippen molar-refractivity contribution < 1.29 is 4.52 Å². The minimum Gasteiger partial charge on any atom is -0.332 e. The zero-order chi connectivity index (χ0) is 13.9. The molecule has 1 aromatic carbocycles. The standard InChI is InChI=1S/C15H10N4O/c1-10-6-11(9-16)8-12(7-10)14-18-15(20-19-14)13-4-2-3-5-17-13/h2-8H,1H3. The number of aryl methyl sites for hydroxylation is 1. The highest BCUT2D eigenvalue weighted by Crippen LogP contribution is 2.22. The van der Waals surface area contributed by atoms with Gasteiger partial charge in [0.1, 0.15) is 5.69 Å². The van der Waals surface area contributed by atoms with Crippen LogP contribution >= 0.6 is 0 Å². The Bertz CT molecular complexity index is 787. The van der Waals surface area contributed by atoms with Crippen LogP contribution in [-0.4, -0.2) is 15.1 Å². The molecule has 3 aromatic rings. The van der Waals surface area contributed by atoms with Crippen LogP contribution in [-0.2, 0) is 0 Å². The van der Waals surface area contributed by atoms with Gasteiger partial charge in [-0.1, -0.05) is 11.2 Å². The number of nitrogens with zero attached hydrogens (tertiary/aromatic N) is 4. The van der Waals surface area contributed by atoms with Crippen LogP contribution in [0.2, 0.25) is 0 Å². The van der Waals surface area contributed by atoms with E-state index in [0.717, 1.165) is 11.1 Å². The second-order valence-electron chi connectivity index (χ2n) is 4.34. The van der Waals surface area contributed by atoms with E-state index in [-0.39, 0.29) is 0 Å². The lowest BCUT2D eigenvalue weighted by Crippen LogP contribution is -1.86. The third-order valence-electron chi connectivity index (χ3n) is 2.77. The summed E-state index contributed by atoms with van der Waals surface area (Å²) in [6, 6.07) is 13.0. The third kappa shape index (κ3) is 2.27. The minimum absolute atomic E-state index is 0.362. The number of nitriles is 1. The molecule has 20 heavy (non-hydrogen) atoms. The van der Waals surface area contributed by atoms with Crippen molar-refractivity contribution in [3.05, 3.63) is 53.7 Å². The van der Waals surface area contributed by atoms with E-state index in [4.69, 9.17) is 9.78 Å². The molecule has 0 fully saturated rings. The first-order chi connectivity index (χ1) is 9.76. The summed E-state index contributed by atoms with van der Waals surface area (Å²) in [5.74, 6) is 0.812. The second-order valence-corrected chi connectivity index (χ2v) is 4.34. The van der Waals surface area contributed by atoms with Gasteiger partial charge in [0.05, 0.1) is 11.6 Å². The molecule has 0 aliphatic carbocycles. The minimum atomic E-state index is 0.362. The van der Waals surface area contributed by atoms with E-state index in [1.807, 2.05) is 31.2 Å². The van der Waals surface area contributed by atoms with E-state index in [1.165, 1.54) is 0 Å². The zero-order valence-corrected chi connectivity index (χ0v) is 10.7. The summed E-state index contributed by atoms with van der Waals surface area (Å²) in [6.07, 6.45) is 1.67. The molecule has 0 saturated heterocycles. The van der Waals surface area contributed by atoms with E-state index in [0.29, 0.717) is 23.0 Å². The van der Waals surface area contributed by atoms with Crippen molar-refractivity contribution in [2.45, 2.75) is 6.92 Å². The highest BCUT2D eigenvalue weighted by molar-refractivity contribution is 5.61. The predicted octanol–water partition coefficient (Wildman–Crippen LogP) is 2.98. The molecule has 96 valence electrons. The second kappa shape index (κ2) is 4.94. The molecule has 2 heterocycles. The Hall–Kier alpha value is -3.00. The number of aromatic nitrogens is 3. The van der Waals surface area contributed by atoms with Gasteiger partial charge in [0, 0.05) is 11.8 Å². The Balaban J connectivity index is 2.03. The predicted molar refractivity (Wildman–Crippen MR) is 72.4 cm³/mol. The molecule has 0 unspecified atom stereocenters. The van der Waals surface area contributed by atoms with Crippen LogP contribution in [0.25, 0.3) is 23.0 Å². The molecule has 5 heteroatoms. The summed E-state index contributed by atoms with van der Waals surface area (Å²) in [5, 5.41) is 12.9. The van der Waals surface area contributed by atoms with Crippen molar-refractivity contribution in [1.82, 2.24) is 15.1 Å². The summed E-state index contributed by atoms with van der Waals surface area (Å²) < 4.78 is 5.21. The molecule has 5 nitrogen and oxygen atoms in total. The van der Waals surface area contributed by atoms with Crippen molar-refractivity contribution in [3.63, 3.8) is 0 Å². The van der Waals surface area contributed by atoms with Gasteiger partial charge in [-0.2, -0.15) is 10.2 Å². The summed E-state index contributed by atoms with van der Waals surface area (Å²) in [4.78, 5) is 8.48. The molecule has 3 rings (SSSR count). The fraction of sp³-hybridized carbons (Fsp3) is 0.0667. The number of rotatable bonds is 2. The molecule has 0 spiro atoms. The number of hydrogen-bond donors (Lipinski definition) is 0. The lowest BCUT2D eigenvalue weighted by molar-refractivity contribution is 0.431. The largest absolute Gasteiger partial charge is 0.332 e. The summed E-state index contributed by atoms with van der Waals surface area (Å²) in [5.41, 5.74) is 2.93. The van der Waals surface area contributed by atoms with E-state index in [2.05, 4.69) is 21.2 Å². The van der Waals surface area contributed by atoms with Crippen LogP contribution in [0.15, 0.2) is 47.1 Å². The fourth-order valence-corrected chi connectivity index (χ4v) is 1.91. The van der Waals surface area contributed by atoms with Gasteiger partial charge in [-0.15, -0.1) is 0 Å². The zero-order valence-electron chi connectivity index (χ0n) is 10.7. The lowest BCUT2D eigenvalue weighted by atomic mass is 10.1. The SMILES string of the molecule is Cc1cc(C#N)cc(-c2noc(-c3ccccn3)n2)c1. The first kappa shape index (κ1) is 12.1. The maximum absolute atomic E-state index is 8.99. The lowest BCUT2D eigenvalue weighted by Gasteiger charge is -1.98. The monoisotopic (exact) mass is 262 g/mol. The Morgan fingerprint density at radius 1 is 1.20 bits per heavy atom. The van der Waals surface area contributed by atoms with Gasteiger partial charge in [-0.05, 0) is 42.8 Å². The maximum atomic E-state index is 8.99. The van der Waals surface area contributed by atoms with Crippen molar-refractivity contribution in [3.8, 4) is 29.0 Å². The van der Waals surface area contributed by atoms with Crippen LogP contribution in [0.3, 0.4) is 0 Å². The Morgan fingerprint density at radius 2 is 2.10 bits per heavy atom. The average Bonchev–Trinajstić information content (AvgIpc) is 2.97. The summed E-state index contributed by atoms with van der Waals surface area (Å²) >= 11 is 0. The molecule has 0 saturated carbocycles. The summed E-state index contributed by atoms with van der Waals surface area (Å²) in [7, 11) is 0. The smallest absolute Gasteiger partial charge is 0.276 e. The van der Waals surface area contributed by atoms with Crippen molar-refractivity contribution >= 4 is 0 Å². The molecule has 0 aliphatic heterocycles. The molecule has 0 bridgehead atoms. The topological polar surface area (TPSA) is 75.6 Å². The van der Waals surface area contributed by atoms with Crippen LogP contribution in [0.1, 0.15) is 11.1 Å².